The largest absolute Gasteiger partial charge is 0.480 e. The fourth-order valence-electron chi connectivity index (χ4n) is 1.84. The Balaban J connectivity index is 2.70. The molecule has 1 aromatic rings. The summed E-state index contributed by atoms with van der Waals surface area (Å²) < 4.78 is 0. The van der Waals surface area contributed by atoms with Crippen LogP contribution in [0.15, 0.2) is 18.2 Å². The highest BCUT2D eigenvalue weighted by Crippen LogP contribution is 2.04. The van der Waals surface area contributed by atoms with Gasteiger partial charge in [-0.2, -0.15) is 0 Å². The van der Waals surface area contributed by atoms with Crippen LogP contribution in [0.3, 0.4) is 0 Å². The third-order valence-electron chi connectivity index (χ3n) is 2.98. The average molecular weight is 295 g/mol. The Bertz CT molecular complexity index is 493. The number of carboxylic acid groups (broad SMARTS) is 1. The first-order chi connectivity index (χ1) is 9.97. The molecule has 21 heavy (non-hydrogen) atoms. The molecule has 0 aliphatic heterocycles. The number of amides is 2. The number of pyridine rings is 1. The van der Waals surface area contributed by atoms with Crippen LogP contribution in [-0.2, 0) is 11.3 Å². The minimum atomic E-state index is -1.16. The zero-order valence-corrected chi connectivity index (χ0v) is 12.2. The third kappa shape index (κ3) is 5.39. The molecular formula is C14H21N3O4. The first-order valence-corrected chi connectivity index (χ1v) is 6.79. The Morgan fingerprint density at radius 2 is 2.14 bits per heavy atom. The van der Waals surface area contributed by atoms with Gasteiger partial charge in [0.15, 0.2) is 0 Å². The number of nitrogens with one attached hydrogen (secondary N) is 1. The van der Waals surface area contributed by atoms with Gasteiger partial charge in [0, 0.05) is 25.3 Å². The van der Waals surface area contributed by atoms with Crippen LogP contribution in [0.5, 0.6) is 0 Å². The second-order valence-electron chi connectivity index (χ2n) is 4.64. The molecule has 116 valence electrons. The number of aryl methyl sites for hydroxylation is 1. The van der Waals surface area contributed by atoms with Crippen LogP contribution in [0, 0.1) is 6.92 Å². The number of aliphatic hydroxyl groups is 1. The maximum atomic E-state index is 12.1. The minimum absolute atomic E-state index is 0.0265. The van der Waals surface area contributed by atoms with Crippen molar-refractivity contribution < 1.29 is 19.8 Å². The number of hydrogen-bond donors (Lipinski definition) is 3. The zero-order chi connectivity index (χ0) is 15.8. The molecule has 0 saturated carbocycles. The average Bonchev–Trinajstić information content (AvgIpc) is 2.44. The normalized spacial score (nSPS) is 11.8. The number of carboxylic acids is 1. The second-order valence-corrected chi connectivity index (χ2v) is 4.64. The predicted molar refractivity (Wildman–Crippen MR) is 76.7 cm³/mol. The topological polar surface area (TPSA) is 103 Å². The summed E-state index contributed by atoms with van der Waals surface area (Å²) in [5, 5.41) is 20.2. The summed E-state index contributed by atoms with van der Waals surface area (Å²) in [5.74, 6) is -1.16. The summed E-state index contributed by atoms with van der Waals surface area (Å²) in [6, 6.07) is 3.95. The van der Waals surface area contributed by atoms with Crippen LogP contribution < -0.4 is 5.32 Å². The van der Waals surface area contributed by atoms with Crippen molar-refractivity contribution in [3.63, 3.8) is 0 Å². The minimum Gasteiger partial charge on any atom is -0.480 e. The van der Waals surface area contributed by atoms with Gasteiger partial charge < -0.3 is 20.4 Å². The van der Waals surface area contributed by atoms with E-state index in [9.17, 15) is 9.59 Å². The molecule has 3 N–H and O–H groups in total. The molecule has 0 bridgehead atoms. The van der Waals surface area contributed by atoms with Crippen molar-refractivity contribution in [1.29, 1.82) is 0 Å². The van der Waals surface area contributed by atoms with Crippen LogP contribution in [0.4, 0.5) is 4.79 Å². The lowest BCUT2D eigenvalue weighted by atomic mass is 10.2. The lowest BCUT2D eigenvalue weighted by Crippen LogP contribution is -2.48. The molecule has 0 saturated heterocycles. The van der Waals surface area contributed by atoms with Crippen molar-refractivity contribution in [3.05, 3.63) is 29.6 Å². The Morgan fingerprint density at radius 1 is 1.43 bits per heavy atom. The van der Waals surface area contributed by atoms with E-state index in [2.05, 4.69) is 10.3 Å². The van der Waals surface area contributed by atoms with Gasteiger partial charge in [0.25, 0.3) is 0 Å². The number of nitrogens with zero attached hydrogens (tertiary/aromatic N) is 2. The highest BCUT2D eigenvalue weighted by Gasteiger charge is 2.22. The van der Waals surface area contributed by atoms with E-state index in [1.807, 2.05) is 25.1 Å². The van der Waals surface area contributed by atoms with Crippen LogP contribution in [0.1, 0.15) is 24.7 Å². The van der Waals surface area contributed by atoms with Gasteiger partial charge in [0.05, 0.1) is 12.2 Å². The van der Waals surface area contributed by atoms with E-state index < -0.39 is 18.0 Å². The molecule has 7 nitrogen and oxygen atoms in total. The molecule has 0 unspecified atom stereocenters. The van der Waals surface area contributed by atoms with E-state index >= 15 is 0 Å². The summed E-state index contributed by atoms with van der Waals surface area (Å²) in [6.07, 6.45) is -0.0265. The van der Waals surface area contributed by atoms with Gasteiger partial charge in [-0.25, -0.2) is 9.59 Å². The summed E-state index contributed by atoms with van der Waals surface area (Å²) in [4.78, 5) is 28.9. The van der Waals surface area contributed by atoms with Crippen LogP contribution in [-0.4, -0.2) is 51.3 Å². The summed E-state index contributed by atoms with van der Waals surface area (Å²) >= 11 is 0. The monoisotopic (exact) mass is 295 g/mol. The second kappa shape index (κ2) is 8.21. The maximum Gasteiger partial charge on any atom is 0.326 e. The summed E-state index contributed by atoms with van der Waals surface area (Å²) in [6.45, 7) is 4.09. The van der Waals surface area contributed by atoms with Crippen molar-refractivity contribution in [3.8, 4) is 0 Å². The first-order valence-electron chi connectivity index (χ1n) is 6.79. The molecule has 1 aromatic heterocycles. The SMILES string of the molecule is CCN(Cc1cccc(C)n1)C(=O)N[C@@H](CCO)C(=O)O. The van der Waals surface area contributed by atoms with Crippen LogP contribution in [0.25, 0.3) is 0 Å². The Kier molecular flexibility index (Phi) is 6.61. The highest BCUT2D eigenvalue weighted by atomic mass is 16.4. The quantitative estimate of drug-likeness (QED) is 0.689. The molecule has 0 fully saturated rings. The van der Waals surface area contributed by atoms with E-state index in [-0.39, 0.29) is 13.0 Å². The molecule has 2 amide bonds. The Labute approximate surface area is 123 Å². The molecule has 1 heterocycles. The van der Waals surface area contributed by atoms with Crippen molar-refractivity contribution in [1.82, 2.24) is 15.2 Å². The lowest BCUT2D eigenvalue weighted by Gasteiger charge is -2.23. The highest BCUT2D eigenvalue weighted by molar-refractivity contribution is 5.82. The predicted octanol–water partition coefficient (Wildman–Crippen LogP) is 0.757. The van der Waals surface area contributed by atoms with Crippen molar-refractivity contribution in [2.24, 2.45) is 0 Å². The molecule has 0 radical (unpaired) electrons. The summed E-state index contributed by atoms with van der Waals surface area (Å²) in [7, 11) is 0. The number of aromatic nitrogens is 1. The zero-order valence-electron chi connectivity index (χ0n) is 12.2. The van der Waals surface area contributed by atoms with E-state index in [1.165, 1.54) is 4.90 Å². The first kappa shape index (κ1) is 16.9. The van der Waals surface area contributed by atoms with E-state index in [0.29, 0.717) is 13.1 Å². The van der Waals surface area contributed by atoms with Crippen molar-refractivity contribution in [2.75, 3.05) is 13.2 Å². The number of carbonyl (C=O) groups excluding carboxylic acids is 1. The maximum absolute atomic E-state index is 12.1. The van der Waals surface area contributed by atoms with Gasteiger partial charge >= 0.3 is 12.0 Å². The molecule has 0 aliphatic rings. The fourth-order valence-corrected chi connectivity index (χ4v) is 1.84. The van der Waals surface area contributed by atoms with Gasteiger partial charge in [-0.15, -0.1) is 0 Å². The fraction of sp³-hybridized carbons (Fsp3) is 0.500. The Hall–Kier alpha value is -2.15. The molecule has 7 heteroatoms. The van der Waals surface area contributed by atoms with Crippen molar-refractivity contribution >= 4 is 12.0 Å². The van der Waals surface area contributed by atoms with E-state index in [0.717, 1.165) is 11.4 Å². The number of carbonyl (C=O) groups is 2. The smallest absolute Gasteiger partial charge is 0.326 e. The molecular weight excluding hydrogens is 274 g/mol. The molecule has 0 spiro atoms. The van der Waals surface area contributed by atoms with Gasteiger partial charge in [-0.3, -0.25) is 4.98 Å². The third-order valence-corrected chi connectivity index (χ3v) is 2.98. The molecule has 0 aromatic carbocycles. The molecule has 0 aliphatic carbocycles. The number of aliphatic hydroxyl groups excluding tert-OH is 1. The van der Waals surface area contributed by atoms with Crippen LogP contribution >= 0.6 is 0 Å². The number of urea groups is 1. The van der Waals surface area contributed by atoms with E-state index in [4.69, 9.17) is 10.2 Å². The number of hydrogen-bond acceptors (Lipinski definition) is 4. The number of rotatable bonds is 7. The van der Waals surface area contributed by atoms with Crippen molar-refractivity contribution in [2.45, 2.75) is 32.9 Å². The Morgan fingerprint density at radius 3 is 2.67 bits per heavy atom. The molecule has 1 rings (SSSR count). The summed E-state index contributed by atoms with van der Waals surface area (Å²) in [5.41, 5.74) is 1.59. The van der Waals surface area contributed by atoms with Crippen LogP contribution in [0.2, 0.25) is 0 Å². The standard InChI is InChI=1S/C14H21N3O4/c1-3-17(9-11-6-4-5-10(2)15-11)14(21)16-12(7-8-18)13(19)20/h4-6,12,18H,3,7-9H2,1-2H3,(H,16,21)(H,19,20)/t12-/m0/s1. The number of aliphatic carboxylic acids is 1. The van der Waals surface area contributed by atoms with Gasteiger partial charge in [-0.1, -0.05) is 6.07 Å². The van der Waals surface area contributed by atoms with Gasteiger partial charge in [-0.05, 0) is 26.0 Å². The van der Waals surface area contributed by atoms with E-state index in [1.54, 1.807) is 6.92 Å². The molecule has 1 atom stereocenters. The van der Waals surface area contributed by atoms with Gasteiger partial charge in [0.1, 0.15) is 6.04 Å². The van der Waals surface area contributed by atoms with Gasteiger partial charge in [0.2, 0.25) is 0 Å². The lowest BCUT2D eigenvalue weighted by molar-refractivity contribution is -0.139.